The first kappa shape index (κ1) is 16.4. The van der Waals surface area contributed by atoms with E-state index in [9.17, 15) is 12.8 Å². The Hall–Kier alpha value is -0.980. The highest BCUT2D eigenvalue weighted by Crippen LogP contribution is 2.21. The number of hydrogen-bond donors (Lipinski definition) is 1. The third kappa shape index (κ3) is 4.49. The molecule has 1 aliphatic heterocycles. The van der Waals surface area contributed by atoms with Crippen molar-refractivity contribution in [1.29, 1.82) is 0 Å². The third-order valence-corrected chi connectivity index (χ3v) is 5.51. The van der Waals surface area contributed by atoms with Crippen molar-refractivity contribution < 1.29 is 17.5 Å². The summed E-state index contributed by atoms with van der Waals surface area (Å²) < 4.78 is 43.5. The smallest absolute Gasteiger partial charge is 0.180 e. The van der Waals surface area contributed by atoms with E-state index < -0.39 is 15.7 Å². The molecular formula is C15H22FNO3S. The molecule has 1 aromatic rings. The van der Waals surface area contributed by atoms with E-state index in [0.29, 0.717) is 13.2 Å². The van der Waals surface area contributed by atoms with Crippen LogP contribution in [0.5, 0.6) is 0 Å². The fraction of sp³-hybridized carbons (Fsp3) is 0.600. The van der Waals surface area contributed by atoms with E-state index in [1.54, 1.807) is 0 Å². The Morgan fingerprint density at radius 1 is 1.48 bits per heavy atom. The maximum absolute atomic E-state index is 13.2. The van der Waals surface area contributed by atoms with Crippen LogP contribution in [0.2, 0.25) is 0 Å². The first-order chi connectivity index (χ1) is 10.0. The molecule has 1 aliphatic rings. The van der Waals surface area contributed by atoms with Crippen LogP contribution in [0.4, 0.5) is 4.39 Å². The summed E-state index contributed by atoms with van der Waals surface area (Å²) in [5, 5.41) is 3.30. The van der Waals surface area contributed by atoms with Crippen LogP contribution in [0.1, 0.15) is 19.8 Å². The Morgan fingerprint density at radius 3 is 2.90 bits per heavy atom. The van der Waals surface area contributed by atoms with Crippen molar-refractivity contribution in [1.82, 2.24) is 5.32 Å². The molecule has 2 rings (SSSR count). The molecule has 0 spiro atoms. The van der Waals surface area contributed by atoms with E-state index in [-0.39, 0.29) is 22.6 Å². The van der Waals surface area contributed by atoms with Crippen molar-refractivity contribution in [3.63, 3.8) is 0 Å². The summed E-state index contributed by atoms with van der Waals surface area (Å²) in [6, 6.07) is 5.05. The van der Waals surface area contributed by atoms with Gasteiger partial charge in [0.2, 0.25) is 0 Å². The zero-order valence-corrected chi connectivity index (χ0v) is 13.0. The summed E-state index contributed by atoms with van der Waals surface area (Å²) in [5.74, 6) is -0.358. The Morgan fingerprint density at radius 2 is 2.29 bits per heavy atom. The monoisotopic (exact) mass is 315 g/mol. The number of benzene rings is 1. The number of halogens is 1. The van der Waals surface area contributed by atoms with Gasteiger partial charge in [-0.15, -0.1) is 0 Å². The minimum absolute atomic E-state index is 0.0233. The van der Waals surface area contributed by atoms with Crippen LogP contribution in [0.25, 0.3) is 0 Å². The van der Waals surface area contributed by atoms with Crippen molar-refractivity contribution in [2.24, 2.45) is 5.92 Å². The van der Waals surface area contributed by atoms with Crippen LogP contribution in [0.3, 0.4) is 0 Å². The molecule has 1 heterocycles. The van der Waals surface area contributed by atoms with Gasteiger partial charge in [0.1, 0.15) is 5.82 Å². The number of hydrogen-bond acceptors (Lipinski definition) is 4. The standard InChI is InChI=1S/C15H22FNO3S/c1-2-7-17-15(12-6-8-20-10-12)11-21(18,19)14-5-3-4-13(16)9-14/h3-5,9,12,15,17H,2,6-8,10-11H2,1H3. The quantitative estimate of drug-likeness (QED) is 0.836. The number of sulfone groups is 1. The molecule has 0 aromatic heterocycles. The van der Waals surface area contributed by atoms with Gasteiger partial charge in [-0.1, -0.05) is 13.0 Å². The Labute approximate surface area is 125 Å². The molecule has 0 saturated carbocycles. The topological polar surface area (TPSA) is 55.4 Å². The highest BCUT2D eigenvalue weighted by molar-refractivity contribution is 7.91. The Bertz CT molecular complexity index is 556. The van der Waals surface area contributed by atoms with Crippen LogP contribution in [0, 0.1) is 11.7 Å². The van der Waals surface area contributed by atoms with Crippen molar-refractivity contribution in [3.8, 4) is 0 Å². The van der Waals surface area contributed by atoms with Gasteiger partial charge in [-0.25, -0.2) is 12.8 Å². The second kappa shape index (κ2) is 7.33. The lowest BCUT2D eigenvalue weighted by Gasteiger charge is -2.23. The average Bonchev–Trinajstić information content (AvgIpc) is 2.97. The van der Waals surface area contributed by atoms with E-state index in [0.717, 1.165) is 25.5 Å². The predicted molar refractivity (Wildman–Crippen MR) is 79.5 cm³/mol. The molecule has 4 nitrogen and oxygen atoms in total. The minimum atomic E-state index is -3.51. The lowest BCUT2D eigenvalue weighted by molar-refractivity contribution is 0.178. The summed E-state index contributed by atoms with van der Waals surface area (Å²) in [7, 11) is -3.51. The molecule has 0 bridgehead atoms. The van der Waals surface area contributed by atoms with Gasteiger partial charge >= 0.3 is 0 Å². The molecular weight excluding hydrogens is 293 g/mol. The molecule has 2 atom stereocenters. The van der Waals surface area contributed by atoms with Gasteiger partial charge in [-0.05, 0) is 37.6 Å². The van der Waals surface area contributed by atoms with E-state index in [1.807, 2.05) is 6.92 Å². The van der Waals surface area contributed by atoms with Crippen LogP contribution < -0.4 is 5.32 Å². The average molecular weight is 315 g/mol. The van der Waals surface area contributed by atoms with Gasteiger partial charge in [-0.2, -0.15) is 0 Å². The third-order valence-electron chi connectivity index (χ3n) is 3.74. The summed E-state index contributed by atoms with van der Waals surface area (Å²) in [4.78, 5) is 0.0460. The molecule has 6 heteroatoms. The molecule has 1 aromatic carbocycles. The predicted octanol–water partition coefficient (Wildman–Crippen LogP) is 2.00. The van der Waals surface area contributed by atoms with Crippen molar-refractivity contribution >= 4 is 9.84 Å². The van der Waals surface area contributed by atoms with E-state index >= 15 is 0 Å². The normalized spacial score (nSPS) is 20.6. The molecule has 1 N–H and O–H groups in total. The lowest BCUT2D eigenvalue weighted by Crippen LogP contribution is -2.42. The van der Waals surface area contributed by atoms with Crippen molar-refractivity contribution in [2.75, 3.05) is 25.5 Å². The molecule has 0 radical (unpaired) electrons. The van der Waals surface area contributed by atoms with E-state index in [2.05, 4.69) is 5.32 Å². The number of nitrogens with one attached hydrogen (secondary N) is 1. The number of ether oxygens (including phenoxy) is 1. The second-order valence-electron chi connectivity index (χ2n) is 5.42. The molecule has 1 fully saturated rings. The van der Waals surface area contributed by atoms with E-state index in [4.69, 9.17) is 4.74 Å². The van der Waals surface area contributed by atoms with Gasteiger partial charge in [0, 0.05) is 18.6 Å². The van der Waals surface area contributed by atoms with Gasteiger partial charge < -0.3 is 10.1 Å². The SMILES string of the molecule is CCCNC(CS(=O)(=O)c1cccc(F)c1)C1CCOC1. The maximum atomic E-state index is 13.2. The van der Waals surface area contributed by atoms with Crippen LogP contribution in [-0.2, 0) is 14.6 Å². The lowest BCUT2D eigenvalue weighted by atomic mass is 10.0. The van der Waals surface area contributed by atoms with Crippen LogP contribution in [0.15, 0.2) is 29.2 Å². The van der Waals surface area contributed by atoms with Crippen LogP contribution >= 0.6 is 0 Å². The maximum Gasteiger partial charge on any atom is 0.180 e. The first-order valence-electron chi connectivity index (χ1n) is 7.32. The molecule has 118 valence electrons. The summed E-state index contributed by atoms with van der Waals surface area (Å²) in [5.41, 5.74) is 0. The zero-order valence-electron chi connectivity index (χ0n) is 12.2. The molecule has 0 aliphatic carbocycles. The fourth-order valence-electron chi connectivity index (χ4n) is 2.55. The first-order valence-corrected chi connectivity index (χ1v) is 8.97. The fourth-order valence-corrected chi connectivity index (χ4v) is 4.19. The molecule has 0 amide bonds. The highest BCUT2D eigenvalue weighted by atomic mass is 32.2. The zero-order chi connectivity index (χ0) is 15.3. The number of rotatable bonds is 7. The minimum Gasteiger partial charge on any atom is -0.381 e. The van der Waals surface area contributed by atoms with Gasteiger partial charge in [0.15, 0.2) is 9.84 Å². The van der Waals surface area contributed by atoms with E-state index in [1.165, 1.54) is 18.2 Å². The summed E-state index contributed by atoms with van der Waals surface area (Å²) in [6.45, 7) is 4.06. The van der Waals surface area contributed by atoms with Gasteiger partial charge in [0.05, 0.1) is 17.3 Å². The Balaban J connectivity index is 2.13. The molecule has 1 saturated heterocycles. The van der Waals surface area contributed by atoms with Crippen molar-refractivity contribution in [2.45, 2.75) is 30.7 Å². The largest absolute Gasteiger partial charge is 0.381 e. The summed E-state index contributed by atoms with van der Waals surface area (Å²) in [6.07, 6.45) is 1.80. The summed E-state index contributed by atoms with van der Waals surface area (Å²) >= 11 is 0. The van der Waals surface area contributed by atoms with Crippen LogP contribution in [-0.4, -0.2) is 40.0 Å². The van der Waals surface area contributed by atoms with Crippen molar-refractivity contribution in [3.05, 3.63) is 30.1 Å². The second-order valence-corrected chi connectivity index (χ2v) is 7.46. The highest BCUT2D eigenvalue weighted by Gasteiger charge is 2.30. The molecule has 2 unspecified atom stereocenters. The van der Waals surface area contributed by atoms with Gasteiger partial charge in [-0.3, -0.25) is 0 Å². The molecule has 21 heavy (non-hydrogen) atoms. The van der Waals surface area contributed by atoms with Gasteiger partial charge in [0.25, 0.3) is 0 Å². The Kier molecular flexibility index (Phi) is 5.72.